The molecule has 0 aromatic heterocycles. The van der Waals surface area contributed by atoms with Gasteiger partial charge in [-0.05, 0) is 49.3 Å². The lowest BCUT2D eigenvalue weighted by Crippen LogP contribution is -2.53. The van der Waals surface area contributed by atoms with E-state index in [-0.39, 0.29) is 23.8 Å². The number of likely N-dealkylation sites (tertiary alicyclic amines) is 1. The van der Waals surface area contributed by atoms with E-state index in [4.69, 9.17) is 5.73 Å². The monoisotopic (exact) mass is 507 g/mol. The van der Waals surface area contributed by atoms with Crippen LogP contribution in [0.5, 0.6) is 0 Å². The van der Waals surface area contributed by atoms with Crippen LogP contribution in [0.15, 0.2) is 18.2 Å². The predicted molar refractivity (Wildman–Crippen MR) is 118 cm³/mol. The minimum Gasteiger partial charge on any atom is -0.343 e. The minimum atomic E-state index is -5.01. The first-order chi connectivity index (χ1) is 16.1. The van der Waals surface area contributed by atoms with Gasteiger partial charge in [0.15, 0.2) is 0 Å². The standard InChI is InChI=1S/C24H31F6N3O2/c1-21(5-3-2-4-6-21)15-20(35)33-9-7-22(31,8-10-33)14-19(34)32-18-12-16(23(25,26)27)11-17(13-18)24(28,29)30/h11-13H,2-10,14-15,31H2,1H3,(H,32,34). The van der Waals surface area contributed by atoms with Crippen molar-refractivity contribution in [1.82, 2.24) is 4.90 Å². The van der Waals surface area contributed by atoms with Crippen LogP contribution in [0.3, 0.4) is 0 Å². The fourth-order valence-corrected chi connectivity index (χ4v) is 4.99. The first kappa shape index (κ1) is 27.3. The zero-order valence-corrected chi connectivity index (χ0v) is 19.6. The number of amides is 2. The molecule has 196 valence electrons. The third kappa shape index (κ3) is 7.35. The molecule has 1 aliphatic carbocycles. The fraction of sp³-hybridized carbons (Fsp3) is 0.667. The van der Waals surface area contributed by atoms with Gasteiger partial charge in [-0.3, -0.25) is 9.59 Å². The third-order valence-corrected chi connectivity index (χ3v) is 7.13. The van der Waals surface area contributed by atoms with Gasteiger partial charge in [-0.15, -0.1) is 0 Å². The number of hydrogen-bond acceptors (Lipinski definition) is 3. The summed E-state index contributed by atoms with van der Waals surface area (Å²) in [5, 5.41) is 2.13. The molecule has 0 bridgehead atoms. The third-order valence-electron chi connectivity index (χ3n) is 7.13. The molecule has 2 aliphatic rings. The Morgan fingerprint density at radius 1 is 0.886 bits per heavy atom. The number of alkyl halides is 6. The number of hydrogen-bond donors (Lipinski definition) is 2. The van der Waals surface area contributed by atoms with Crippen molar-refractivity contribution in [2.75, 3.05) is 18.4 Å². The first-order valence-electron chi connectivity index (χ1n) is 11.7. The minimum absolute atomic E-state index is 0.000557. The smallest absolute Gasteiger partial charge is 0.343 e. The van der Waals surface area contributed by atoms with E-state index in [0.717, 1.165) is 25.7 Å². The number of anilines is 1. The molecular weight excluding hydrogens is 476 g/mol. The summed E-state index contributed by atoms with van der Waals surface area (Å²) < 4.78 is 78.3. The van der Waals surface area contributed by atoms with Crippen molar-refractivity contribution in [3.8, 4) is 0 Å². The van der Waals surface area contributed by atoms with Crippen molar-refractivity contribution in [1.29, 1.82) is 0 Å². The Labute approximate surface area is 200 Å². The molecule has 1 aromatic rings. The highest BCUT2D eigenvalue weighted by Crippen LogP contribution is 2.40. The molecule has 5 nitrogen and oxygen atoms in total. The second kappa shape index (κ2) is 9.99. The molecule has 2 fully saturated rings. The van der Waals surface area contributed by atoms with Crippen molar-refractivity contribution in [3.05, 3.63) is 29.3 Å². The summed E-state index contributed by atoms with van der Waals surface area (Å²) in [7, 11) is 0. The van der Waals surface area contributed by atoms with E-state index in [1.165, 1.54) is 6.42 Å². The van der Waals surface area contributed by atoms with Crippen LogP contribution in [0.25, 0.3) is 0 Å². The van der Waals surface area contributed by atoms with Crippen LogP contribution in [0.2, 0.25) is 0 Å². The van der Waals surface area contributed by atoms with Gasteiger partial charge in [0.25, 0.3) is 0 Å². The normalized spacial score (nSPS) is 20.4. The largest absolute Gasteiger partial charge is 0.416 e. The topological polar surface area (TPSA) is 75.4 Å². The van der Waals surface area contributed by atoms with E-state index in [1.54, 1.807) is 4.90 Å². The van der Waals surface area contributed by atoms with Crippen molar-refractivity contribution in [2.45, 2.75) is 82.6 Å². The van der Waals surface area contributed by atoms with Crippen LogP contribution in [-0.2, 0) is 21.9 Å². The molecule has 3 rings (SSSR count). The second-order valence-corrected chi connectivity index (χ2v) is 10.3. The van der Waals surface area contributed by atoms with E-state index >= 15 is 0 Å². The fourth-order valence-electron chi connectivity index (χ4n) is 4.99. The van der Waals surface area contributed by atoms with E-state index in [1.807, 2.05) is 0 Å². The number of benzene rings is 1. The number of nitrogens with one attached hydrogen (secondary N) is 1. The van der Waals surface area contributed by atoms with Gasteiger partial charge in [0.05, 0.1) is 11.1 Å². The van der Waals surface area contributed by atoms with Crippen LogP contribution in [0.4, 0.5) is 32.0 Å². The van der Waals surface area contributed by atoms with Crippen LogP contribution in [0.1, 0.15) is 75.8 Å². The summed E-state index contributed by atoms with van der Waals surface area (Å²) in [5.74, 6) is -0.737. The van der Waals surface area contributed by atoms with Crippen LogP contribution in [-0.4, -0.2) is 35.3 Å². The number of carbonyl (C=O) groups is 2. The Morgan fingerprint density at radius 2 is 1.40 bits per heavy atom. The first-order valence-corrected chi connectivity index (χ1v) is 11.7. The quantitative estimate of drug-likeness (QED) is 0.500. The molecule has 0 radical (unpaired) electrons. The Balaban J connectivity index is 1.59. The Kier molecular flexibility index (Phi) is 7.79. The second-order valence-electron chi connectivity index (χ2n) is 10.3. The molecule has 1 saturated heterocycles. The Morgan fingerprint density at radius 3 is 1.89 bits per heavy atom. The molecule has 0 unspecified atom stereocenters. The molecule has 35 heavy (non-hydrogen) atoms. The van der Waals surface area contributed by atoms with Crippen molar-refractivity contribution in [3.63, 3.8) is 0 Å². The van der Waals surface area contributed by atoms with Gasteiger partial charge >= 0.3 is 12.4 Å². The average Bonchev–Trinajstić information content (AvgIpc) is 2.72. The van der Waals surface area contributed by atoms with Gasteiger partial charge < -0.3 is 16.0 Å². The van der Waals surface area contributed by atoms with Crippen molar-refractivity contribution >= 4 is 17.5 Å². The highest BCUT2D eigenvalue weighted by atomic mass is 19.4. The molecule has 2 amide bonds. The SMILES string of the molecule is CC1(CC(=O)N2CCC(N)(CC(=O)Nc3cc(C(F)(F)F)cc(C(F)(F)F)c3)CC2)CCCCC1. The number of halogens is 6. The summed E-state index contributed by atoms with van der Waals surface area (Å²) in [4.78, 5) is 27.0. The number of nitrogens with zero attached hydrogens (tertiary/aromatic N) is 1. The summed E-state index contributed by atoms with van der Waals surface area (Å²) in [6, 6.07) is 0.924. The molecule has 3 N–H and O–H groups in total. The molecule has 1 aliphatic heterocycles. The summed E-state index contributed by atoms with van der Waals surface area (Å²) in [6.07, 6.45) is -3.80. The average molecular weight is 508 g/mol. The van der Waals surface area contributed by atoms with Gasteiger partial charge in [0.1, 0.15) is 0 Å². The van der Waals surface area contributed by atoms with E-state index in [9.17, 15) is 35.9 Å². The van der Waals surface area contributed by atoms with Gasteiger partial charge in [0.2, 0.25) is 11.8 Å². The highest BCUT2D eigenvalue weighted by molar-refractivity contribution is 5.91. The number of piperidine rings is 1. The summed E-state index contributed by atoms with van der Waals surface area (Å²) in [6.45, 7) is 2.82. The molecule has 1 aromatic carbocycles. The predicted octanol–water partition coefficient (Wildman–Crippen LogP) is 5.73. The van der Waals surface area contributed by atoms with Gasteiger partial charge in [-0.1, -0.05) is 26.2 Å². The molecular formula is C24H31F6N3O2. The lowest BCUT2D eigenvalue weighted by atomic mass is 9.73. The van der Waals surface area contributed by atoms with Crippen LogP contribution >= 0.6 is 0 Å². The zero-order chi connectivity index (χ0) is 26.1. The number of rotatable bonds is 5. The van der Waals surface area contributed by atoms with E-state index in [2.05, 4.69) is 12.2 Å². The maximum Gasteiger partial charge on any atom is 0.416 e. The van der Waals surface area contributed by atoms with Crippen LogP contribution < -0.4 is 11.1 Å². The van der Waals surface area contributed by atoms with Crippen molar-refractivity contribution < 1.29 is 35.9 Å². The lowest BCUT2D eigenvalue weighted by Gasteiger charge is -2.41. The molecule has 0 spiro atoms. The Hall–Kier alpha value is -2.30. The van der Waals surface area contributed by atoms with Gasteiger partial charge in [-0.2, -0.15) is 26.3 Å². The molecule has 1 saturated carbocycles. The highest BCUT2D eigenvalue weighted by Gasteiger charge is 2.39. The summed E-state index contributed by atoms with van der Waals surface area (Å²) in [5.41, 5.74) is 1.68. The van der Waals surface area contributed by atoms with Crippen LogP contribution in [0, 0.1) is 5.41 Å². The Bertz CT molecular complexity index is 898. The van der Waals surface area contributed by atoms with Gasteiger partial charge in [0, 0.05) is 37.2 Å². The van der Waals surface area contributed by atoms with Gasteiger partial charge in [-0.25, -0.2) is 0 Å². The van der Waals surface area contributed by atoms with E-state index in [0.29, 0.717) is 44.5 Å². The molecule has 1 heterocycles. The van der Waals surface area contributed by atoms with Crippen molar-refractivity contribution in [2.24, 2.45) is 11.1 Å². The maximum atomic E-state index is 13.0. The lowest BCUT2D eigenvalue weighted by molar-refractivity contribution is -0.143. The molecule has 0 atom stereocenters. The number of carbonyl (C=O) groups excluding carboxylic acids is 2. The molecule has 11 heteroatoms. The zero-order valence-electron chi connectivity index (χ0n) is 19.6. The summed E-state index contributed by atoms with van der Waals surface area (Å²) >= 11 is 0. The maximum absolute atomic E-state index is 13.0. The number of nitrogens with two attached hydrogens (primary N) is 1. The van der Waals surface area contributed by atoms with E-state index < -0.39 is 40.6 Å².